The van der Waals surface area contributed by atoms with Gasteiger partial charge in [0, 0.05) is 12.6 Å². The van der Waals surface area contributed by atoms with Crippen LogP contribution in [0.1, 0.15) is 30.3 Å². The molecule has 1 aliphatic heterocycles. The Morgan fingerprint density at radius 1 is 1.47 bits per heavy atom. The first kappa shape index (κ1) is 13.3. The summed E-state index contributed by atoms with van der Waals surface area (Å²) in [5.74, 6) is -1.57. The van der Waals surface area contributed by atoms with E-state index in [0.29, 0.717) is 6.54 Å². The van der Waals surface area contributed by atoms with Crippen LogP contribution in [0.3, 0.4) is 0 Å². The number of carboxylic acid groups (broad SMARTS) is 1. The number of rotatable bonds is 2. The number of hydrogen-bond acceptors (Lipinski definition) is 4. The molecule has 0 saturated carbocycles. The Morgan fingerprint density at radius 2 is 2.21 bits per heavy atom. The molecule has 2 unspecified atom stereocenters. The maximum absolute atomic E-state index is 12.2. The number of aromatic nitrogens is 2. The molecule has 0 bridgehead atoms. The zero-order valence-corrected chi connectivity index (χ0v) is 10.5. The van der Waals surface area contributed by atoms with Crippen LogP contribution in [-0.2, 0) is 4.79 Å². The van der Waals surface area contributed by atoms with Gasteiger partial charge in [-0.05, 0) is 24.8 Å². The minimum atomic E-state index is -1.01. The van der Waals surface area contributed by atoms with Crippen LogP contribution in [-0.4, -0.2) is 44.7 Å². The SMILES string of the molecule is CC1CCCN(C(=O)c2ccc(=O)[nH]n2)C1C(=O)O. The summed E-state index contributed by atoms with van der Waals surface area (Å²) in [4.78, 5) is 35.8. The van der Waals surface area contributed by atoms with E-state index < -0.39 is 23.5 Å². The van der Waals surface area contributed by atoms with E-state index >= 15 is 0 Å². The van der Waals surface area contributed by atoms with Gasteiger partial charge in [0.1, 0.15) is 11.7 Å². The van der Waals surface area contributed by atoms with Crippen LogP contribution in [0, 0.1) is 5.92 Å². The van der Waals surface area contributed by atoms with Crippen LogP contribution in [0.2, 0.25) is 0 Å². The van der Waals surface area contributed by atoms with Crippen LogP contribution >= 0.6 is 0 Å². The minimum absolute atomic E-state index is 0.0555. The van der Waals surface area contributed by atoms with Crippen molar-refractivity contribution in [1.82, 2.24) is 15.1 Å². The standard InChI is InChI=1S/C12H15N3O4/c1-7-3-2-6-15(10(7)12(18)19)11(17)8-4-5-9(16)14-13-8/h4-5,7,10H,2-3,6H2,1H3,(H,14,16)(H,18,19). The maximum Gasteiger partial charge on any atom is 0.326 e. The zero-order valence-electron chi connectivity index (χ0n) is 10.5. The van der Waals surface area contributed by atoms with E-state index in [9.17, 15) is 19.5 Å². The van der Waals surface area contributed by atoms with Crippen molar-refractivity contribution in [2.45, 2.75) is 25.8 Å². The number of piperidine rings is 1. The lowest BCUT2D eigenvalue weighted by Crippen LogP contribution is -2.52. The van der Waals surface area contributed by atoms with Gasteiger partial charge in [-0.1, -0.05) is 6.92 Å². The predicted molar refractivity (Wildman–Crippen MR) is 65.7 cm³/mol. The molecule has 0 radical (unpaired) electrons. The highest BCUT2D eigenvalue weighted by Gasteiger charge is 2.37. The maximum atomic E-state index is 12.2. The smallest absolute Gasteiger partial charge is 0.326 e. The normalized spacial score (nSPS) is 23.1. The molecule has 0 aromatic carbocycles. The van der Waals surface area contributed by atoms with Crippen molar-refractivity contribution >= 4 is 11.9 Å². The summed E-state index contributed by atoms with van der Waals surface area (Å²) in [5.41, 5.74) is -0.349. The van der Waals surface area contributed by atoms with Crippen LogP contribution in [0.15, 0.2) is 16.9 Å². The summed E-state index contributed by atoms with van der Waals surface area (Å²) in [5, 5.41) is 15.1. The molecule has 1 amide bonds. The number of hydrogen-bond donors (Lipinski definition) is 2. The number of H-pyrrole nitrogens is 1. The van der Waals surface area contributed by atoms with Gasteiger partial charge >= 0.3 is 5.97 Å². The fourth-order valence-corrected chi connectivity index (χ4v) is 2.40. The van der Waals surface area contributed by atoms with Gasteiger partial charge in [-0.15, -0.1) is 0 Å². The van der Waals surface area contributed by atoms with Gasteiger partial charge in [0.15, 0.2) is 0 Å². The van der Waals surface area contributed by atoms with Crippen molar-refractivity contribution < 1.29 is 14.7 Å². The highest BCUT2D eigenvalue weighted by Crippen LogP contribution is 2.24. The summed E-state index contributed by atoms with van der Waals surface area (Å²) in [6.45, 7) is 2.21. The lowest BCUT2D eigenvalue weighted by atomic mass is 9.90. The molecular formula is C12H15N3O4. The number of nitrogens with zero attached hydrogens (tertiary/aromatic N) is 2. The third-order valence-corrected chi connectivity index (χ3v) is 3.35. The predicted octanol–water partition coefficient (Wildman–Crippen LogP) is 0.0952. The fourth-order valence-electron chi connectivity index (χ4n) is 2.40. The third-order valence-electron chi connectivity index (χ3n) is 3.35. The average molecular weight is 265 g/mol. The van der Waals surface area contributed by atoms with Crippen molar-refractivity contribution in [3.63, 3.8) is 0 Å². The number of aliphatic carboxylic acids is 1. The van der Waals surface area contributed by atoms with E-state index in [2.05, 4.69) is 10.2 Å². The molecule has 19 heavy (non-hydrogen) atoms. The topological polar surface area (TPSA) is 103 Å². The van der Waals surface area contributed by atoms with Crippen LogP contribution in [0.25, 0.3) is 0 Å². The van der Waals surface area contributed by atoms with Crippen LogP contribution in [0.4, 0.5) is 0 Å². The zero-order chi connectivity index (χ0) is 14.0. The summed E-state index contributed by atoms with van der Waals surface area (Å²) >= 11 is 0. The fraction of sp³-hybridized carbons (Fsp3) is 0.500. The van der Waals surface area contributed by atoms with Gasteiger partial charge in [0.2, 0.25) is 0 Å². The molecule has 2 atom stereocenters. The third kappa shape index (κ3) is 2.64. The van der Waals surface area contributed by atoms with Crippen molar-refractivity contribution in [1.29, 1.82) is 0 Å². The second kappa shape index (κ2) is 5.21. The largest absolute Gasteiger partial charge is 0.480 e. The number of likely N-dealkylation sites (tertiary alicyclic amines) is 1. The summed E-state index contributed by atoms with van der Waals surface area (Å²) < 4.78 is 0. The van der Waals surface area contributed by atoms with Gasteiger partial charge < -0.3 is 10.0 Å². The van der Waals surface area contributed by atoms with Crippen LogP contribution in [0.5, 0.6) is 0 Å². The first-order chi connectivity index (χ1) is 9.00. The molecule has 102 valence electrons. The van der Waals surface area contributed by atoms with Gasteiger partial charge in [-0.2, -0.15) is 5.10 Å². The molecule has 7 nitrogen and oxygen atoms in total. The molecule has 1 fully saturated rings. The molecule has 2 rings (SSSR count). The number of aromatic amines is 1. The Kier molecular flexibility index (Phi) is 3.64. The number of carbonyl (C=O) groups is 2. The second-order valence-electron chi connectivity index (χ2n) is 4.71. The molecule has 0 spiro atoms. The molecule has 1 aromatic heterocycles. The summed E-state index contributed by atoms with van der Waals surface area (Å²) in [7, 11) is 0. The van der Waals surface area contributed by atoms with E-state index in [1.807, 2.05) is 6.92 Å². The molecule has 1 aliphatic rings. The van der Waals surface area contributed by atoms with E-state index in [0.717, 1.165) is 12.8 Å². The molecule has 2 N–H and O–H groups in total. The number of nitrogens with one attached hydrogen (secondary N) is 1. The Bertz CT molecular complexity index is 534. The Balaban J connectivity index is 2.27. The average Bonchev–Trinajstić information content (AvgIpc) is 2.38. The van der Waals surface area contributed by atoms with Crippen molar-refractivity contribution in [3.05, 3.63) is 28.2 Å². The van der Waals surface area contributed by atoms with E-state index in [1.54, 1.807) is 0 Å². The highest BCUT2D eigenvalue weighted by molar-refractivity contribution is 5.95. The minimum Gasteiger partial charge on any atom is -0.480 e. The Morgan fingerprint density at radius 3 is 2.79 bits per heavy atom. The van der Waals surface area contributed by atoms with Gasteiger partial charge in [0.25, 0.3) is 11.5 Å². The first-order valence-electron chi connectivity index (χ1n) is 6.10. The highest BCUT2D eigenvalue weighted by atomic mass is 16.4. The number of carbonyl (C=O) groups excluding carboxylic acids is 1. The lowest BCUT2D eigenvalue weighted by Gasteiger charge is -2.36. The number of carboxylic acids is 1. The summed E-state index contributed by atoms with van der Waals surface area (Å²) in [6, 6.07) is 1.66. The Labute approximate surface area is 109 Å². The van der Waals surface area contributed by atoms with Crippen LogP contribution < -0.4 is 5.56 Å². The molecule has 1 aromatic rings. The molecule has 0 aliphatic carbocycles. The van der Waals surface area contributed by atoms with Crippen molar-refractivity contribution in [2.24, 2.45) is 5.92 Å². The van der Waals surface area contributed by atoms with E-state index in [-0.39, 0.29) is 11.6 Å². The lowest BCUT2D eigenvalue weighted by molar-refractivity contribution is -0.145. The molecule has 2 heterocycles. The number of amides is 1. The first-order valence-corrected chi connectivity index (χ1v) is 6.10. The Hall–Kier alpha value is -2.18. The quantitative estimate of drug-likeness (QED) is 0.789. The molecule has 1 saturated heterocycles. The van der Waals surface area contributed by atoms with E-state index in [1.165, 1.54) is 17.0 Å². The molecular weight excluding hydrogens is 250 g/mol. The van der Waals surface area contributed by atoms with E-state index in [4.69, 9.17) is 0 Å². The van der Waals surface area contributed by atoms with Crippen molar-refractivity contribution in [3.8, 4) is 0 Å². The summed E-state index contributed by atoms with van der Waals surface area (Å²) in [6.07, 6.45) is 1.54. The van der Waals surface area contributed by atoms with Gasteiger partial charge in [-0.25, -0.2) is 9.89 Å². The second-order valence-corrected chi connectivity index (χ2v) is 4.71. The monoisotopic (exact) mass is 265 g/mol. The van der Waals surface area contributed by atoms with Gasteiger partial charge in [-0.3, -0.25) is 9.59 Å². The van der Waals surface area contributed by atoms with Crippen molar-refractivity contribution in [2.75, 3.05) is 6.54 Å². The molecule has 7 heteroatoms. The van der Waals surface area contributed by atoms with Gasteiger partial charge in [0.05, 0.1) is 0 Å².